The Morgan fingerprint density at radius 2 is 2.21 bits per heavy atom. The molecule has 2 N–H and O–H groups in total. The lowest BCUT2D eigenvalue weighted by molar-refractivity contribution is 0.321. The molecule has 0 saturated heterocycles. The smallest absolute Gasteiger partial charge is 0.165 e. The van der Waals surface area contributed by atoms with Crippen LogP contribution in [0.5, 0.6) is 5.75 Å². The van der Waals surface area contributed by atoms with Crippen LogP contribution < -0.4 is 10.5 Å². The summed E-state index contributed by atoms with van der Waals surface area (Å²) in [6.07, 6.45) is 1.89. The van der Waals surface area contributed by atoms with Crippen molar-refractivity contribution in [2.75, 3.05) is 13.2 Å². The molecular formula is C14H18FN3O. The van der Waals surface area contributed by atoms with Gasteiger partial charge in [-0.25, -0.2) is 9.37 Å². The van der Waals surface area contributed by atoms with Gasteiger partial charge in [0, 0.05) is 24.8 Å². The third kappa shape index (κ3) is 2.93. The van der Waals surface area contributed by atoms with Crippen molar-refractivity contribution in [1.29, 1.82) is 0 Å². The molecule has 0 aliphatic rings. The molecule has 0 amide bonds. The van der Waals surface area contributed by atoms with Crippen molar-refractivity contribution in [1.82, 2.24) is 9.55 Å². The molecule has 0 atom stereocenters. The molecule has 0 saturated carbocycles. The van der Waals surface area contributed by atoms with E-state index in [-0.39, 0.29) is 11.6 Å². The van der Waals surface area contributed by atoms with Crippen molar-refractivity contribution >= 4 is 0 Å². The van der Waals surface area contributed by atoms with E-state index < -0.39 is 0 Å². The summed E-state index contributed by atoms with van der Waals surface area (Å²) in [6, 6.07) is 4.88. The van der Waals surface area contributed by atoms with Crippen molar-refractivity contribution in [2.24, 2.45) is 5.73 Å². The molecule has 0 aliphatic carbocycles. The van der Waals surface area contributed by atoms with E-state index in [9.17, 15) is 4.39 Å². The normalized spacial score (nSPS) is 10.7. The first kappa shape index (κ1) is 13.5. The number of benzene rings is 1. The van der Waals surface area contributed by atoms with E-state index in [4.69, 9.17) is 10.5 Å². The third-order valence-corrected chi connectivity index (χ3v) is 2.87. The molecule has 2 aromatic rings. The largest absolute Gasteiger partial charge is 0.491 e. The van der Waals surface area contributed by atoms with Gasteiger partial charge in [0.25, 0.3) is 0 Å². The number of nitrogens with zero attached hydrogens (tertiary/aromatic N) is 2. The molecule has 0 fully saturated rings. The minimum Gasteiger partial charge on any atom is -0.491 e. The second-order valence-electron chi connectivity index (χ2n) is 4.23. The first-order chi connectivity index (χ1) is 9.15. The Labute approximate surface area is 112 Å². The van der Waals surface area contributed by atoms with Crippen LogP contribution in [0.3, 0.4) is 0 Å². The predicted octanol–water partition coefficient (Wildman–Crippen LogP) is 2.36. The van der Waals surface area contributed by atoms with Gasteiger partial charge >= 0.3 is 0 Å². The van der Waals surface area contributed by atoms with Crippen LogP contribution in [0.1, 0.15) is 12.7 Å². The zero-order valence-corrected chi connectivity index (χ0v) is 11.2. The lowest BCUT2D eigenvalue weighted by Crippen LogP contribution is -2.10. The molecule has 1 aromatic heterocycles. The average Bonchev–Trinajstić information content (AvgIpc) is 2.74. The molecule has 102 valence electrons. The summed E-state index contributed by atoms with van der Waals surface area (Å²) >= 11 is 0. The first-order valence-corrected chi connectivity index (χ1v) is 6.32. The molecule has 0 aliphatic heterocycles. The topological polar surface area (TPSA) is 53.1 Å². The van der Waals surface area contributed by atoms with Gasteiger partial charge in [-0.05, 0) is 32.0 Å². The Kier molecular flexibility index (Phi) is 4.16. The van der Waals surface area contributed by atoms with E-state index in [2.05, 4.69) is 4.98 Å². The minimum atomic E-state index is -0.370. The van der Waals surface area contributed by atoms with Crippen molar-refractivity contribution in [3.8, 4) is 17.0 Å². The number of aryl methyl sites for hydroxylation is 1. The maximum absolute atomic E-state index is 13.8. The van der Waals surface area contributed by atoms with Gasteiger partial charge < -0.3 is 15.0 Å². The molecule has 0 bridgehead atoms. The van der Waals surface area contributed by atoms with Gasteiger partial charge in [-0.15, -0.1) is 0 Å². The monoisotopic (exact) mass is 263 g/mol. The van der Waals surface area contributed by atoms with E-state index in [0.717, 1.165) is 17.1 Å². The van der Waals surface area contributed by atoms with Crippen LogP contribution >= 0.6 is 0 Å². The summed E-state index contributed by atoms with van der Waals surface area (Å²) in [6.45, 7) is 5.43. The van der Waals surface area contributed by atoms with Crippen LogP contribution in [-0.2, 0) is 6.54 Å². The zero-order valence-electron chi connectivity index (χ0n) is 11.2. The second-order valence-corrected chi connectivity index (χ2v) is 4.23. The Morgan fingerprint density at radius 3 is 2.84 bits per heavy atom. The van der Waals surface area contributed by atoms with Crippen molar-refractivity contribution in [2.45, 2.75) is 20.4 Å². The van der Waals surface area contributed by atoms with E-state index in [0.29, 0.717) is 19.7 Å². The number of nitrogens with two attached hydrogens (primary N) is 1. The van der Waals surface area contributed by atoms with Gasteiger partial charge in [0.15, 0.2) is 11.6 Å². The third-order valence-electron chi connectivity index (χ3n) is 2.87. The van der Waals surface area contributed by atoms with E-state index in [1.807, 2.05) is 30.7 Å². The van der Waals surface area contributed by atoms with Gasteiger partial charge in [-0.1, -0.05) is 0 Å². The number of halogens is 1. The zero-order chi connectivity index (χ0) is 13.8. The van der Waals surface area contributed by atoms with Gasteiger partial charge in [0.2, 0.25) is 0 Å². The highest BCUT2D eigenvalue weighted by molar-refractivity contribution is 5.60. The number of hydrogen-bond acceptors (Lipinski definition) is 3. The van der Waals surface area contributed by atoms with Gasteiger partial charge in [-0.3, -0.25) is 0 Å². The molecule has 2 rings (SSSR count). The Balaban J connectivity index is 2.31. The van der Waals surface area contributed by atoms with Gasteiger partial charge in [-0.2, -0.15) is 0 Å². The fraction of sp³-hybridized carbons (Fsp3) is 0.357. The van der Waals surface area contributed by atoms with Crippen LogP contribution in [0, 0.1) is 12.7 Å². The quantitative estimate of drug-likeness (QED) is 0.901. The summed E-state index contributed by atoms with van der Waals surface area (Å²) in [4.78, 5) is 4.42. The molecule has 1 heterocycles. The highest BCUT2D eigenvalue weighted by Crippen LogP contribution is 2.25. The molecular weight excluding hydrogens is 245 g/mol. The first-order valence-electron chi connectivity index (χ1n) is 6.32. The number of rotatable bonds is 5. The average molecular weight is 263 g/mol. The Bertz CT molecular complexity index is 566. The van der Waals surface area contributed by atoms with Crippen molar-refractivity contribution < 1.29 is 9.13 Å². The fourth-order valence-corrected chi connectivity index (χ4v) is 1.95. The summed E-state index contributed by atoms with van der Waals surface area (Å²) < 4.78 is 20.9. The second kappa shape index (κ2) is 5.84. The van der Waals surface area contributed by atoms with Crippen LogP contribution in [0.15, 0.2) is 24.4 Å². The van der Waals surface area contributed by atoms with Gasteiger partial charge in [0.1, 0.15) is 5.82 Å². The summed E-state index contributed by atoms with van der Waals surface area (Å²) in [5.74, 6) is 0.768. The van der Waals surface area contributed by atoms with Crippen molar-refractivity contribution in [3.05, 3.63) is 36.0 Å². The van der Waals surface area contributed by atoms with Gasteiger partial charge in [0.05, 0.1) is 12.3 Å². The standard InChI is InChI=1S/C14H18FN3O/c1-3-19-14-5-4-11(8-12(14)15)13-9-18(7-6-16)10(2)17-13/h4-5,8-9H,3,6-7,16H2,1-2H3. The molecule has 0 radical (unpaired) electrons. The predicted molar refractivity (Wildman–Crippen MR) is 72.6 cm³/mol. The van der Waals surface area contributed by atoms with E-state index >= 15 is 0 Å². The Morgan fingerprint density at radius 1 is 1.42 bits per heavy atom. The summed E-state index contributed by atoms with van der Waals surface area (Å²) in [5, 5.41) is 0. The molecule has 1 aromatic carbocycles. The molecule has 4 nitrogen and oxygen atoms in total. The molecule has 5 heteroatoms. The summed E-state index contributed by atoms with van der Waals surface area (Å²) in [5.41, 5.74) is 7.01. The lowest BCUT2D eigenvalue weighted by atomic mass is 10.1. The lowest BCUT2D eigenvalue weighted by Gasteiger charge is -2.05. The van der Waals surface area contributed by atoms with Crippen LogP contribution in [-0.4, -0.2) is 22.7 Å². The number of aromatic nitrogens is 2. The number of hydrogen-bond donors (Lipinski definition) is 1. The molecule has 0 spiro atoms. The Hall–Kier alpha value is -1.88. The van der Waals surface area contributed by atoms with Crippen LogP contribution in [0.2, 0.25) is 0 Å². The number of ether oxygens (including phenoxy) is 1. The van der Waals surface area contributed by atoms with E-state index in [1.165, 1.54) is 6.07 Å². The maximum Gasteiger partial charge on any atom is 0.165 e. The van der Waals surface area contributed by atoms with E-state index in [1.54, 1.807) is 6.07 Å². The SMILES string of the molecule is CCOc1ccc(-c2cn(CCN)c(C)n2)cc1F. The fourth-order valence-electron chi connectivity index (χ4n) is 1.95. The van der Waals surface area contributed by atoms with Crippen LogP contribution in [0.25, 0.3) is 11.3 Å². The highest BCUT2D eigenvalue weighted by Gasteiger charge is 2.09. The molecule has 19 heavy (non-hydrogen) atoms. The summed E-state index contributed by atoms with van der Waals surface area (Å²) in [7, 11) is 0. The number of imidazole rings is 1. The maximum atomic E-state index is 13.8. The minimum absolute atomic E-state index is 0.268. The highest BCUT2D eigenvalue weighted by atomic mass is 19.1. The van der Waals surface area contributed by atoms with Crippen LogP contribution in [0.4, 0.5) is 4.39 Å². The van der Waals surface area contributed by atoms with Crippen molar-refractivity contribution in [3.63, 3.8) is 0 Å². The molecule has 0 unspecified atom stereocenters.